The molecule has 0 saturated carbocycles. The van der Waals surface area contributed by atoms with Gasteiger partial charge in [-0.1, -0.05) is 38.5 Å². The molecule has 2 rings (SSSR count). The van der Waals surface area contributed by atoms with Gasteiger partial charge in [0, 0.05) is 5.56 Å². The van der Waals surface area contributed by atoms with Crippen LogP contribution in [-0.4, -0.2) is 5.97 Å². The maximum absolute atomic E-state index is 11.8. The quantitative estimate of drug-likeness (QED) is 0.721. The Balaban J connectivity index is 2.39. The van der Waals surface area contributed by atoms with E-state index in [-0.39, 0.29) is 11.6 Å². The molecule has 0 fully saturated rings. The summed E-state index contributed by atoms with van der Waals surface area (Å²) in [6, 6.07) is 7.77. The van der Waals surface area contributed by atoms with Crippen LogP contribution in [0.4, 0.5) is 0 Å². The lowest BCUT2D eigenvalue weighted by molar-refractivity contribution is -0.0161. The van der Waals surface area contributed by atoms with Gasteiger partial charge in [0.2, 0.25) is 0 Å². The zero-order valence-electron chi connectivity index (χ0n) is 9.95. The third-order valence-electron chi connectivity index (χ3n) is 3.43. The Bertz CT molecular complexity index is 397. The van der Waals surface area contributed by atoms with E-state index < -0.39 is 0 Å². The summed E-state index contributed by atoms with van der Waals surface area (Å²) in [6.07, 6.45) is 4.01. The average molecular weight is 218 g/mol. The largest absolute Gasteiger partial charge is 0.451 e. The summed E-state index contributed by atoms with van der Waals surface area (Å²) < 4.78 is 5.63. The number of hydrogen-bond acceptors (Lipinski definition) is 2. The fourth-order valence-corrected chi connectivity index (χ4v) is 2.43. The van der Waals surface area contributed by atoms with E-state index in [1.54, 1.807) is 0 Å². The minimum Gasteiger partial charge on any atom is -0.451 e. The van der Waals surface area contributed by atoms with Crippen LogP contribution in [0.5, 0.6) is 0 Å². The number of carbonyl (C=O) groups excluding carboxylic acids is 1. The van der Waals surface area contributed by atoms with Crippen molar-refractivity contribution in [1.29, 1.82) is 0 Å². The molecule has 1 unspecified atom stereocenters. The van der Waals surface area contributed by atoms with Crippen molar-refractivity contribution in [2.24, 2.45) is 0 Å². The van der Waals surface area contributed by atoms with Crippen LogP contribution in [0.1, 0.15) is 55.5 Å². The second kappa shape index (κ2) is 4.28. The van der Waals surface area contributed by atoms with Crippen LogP contribution in [-0.2, 0) is 10.3 Å². The van der Waals surface area contributed by atoms with Crippen LogP contribution < -0.4 is 0 Å². The van der Waals surface area contributed by atoms with Gasteiger partial charge in [-0.05, 0) is 25.3 Å². The van der Waals surface area contributed by atoms with E-state index in [9.17, 15) is 4.79 Å². The molecule has 1 heterocycles. The molecule has 0 amide bonds. The number of rotatable bonds is 4. The van der Waals surface area contributed by atoms with Gasteiger partial charge in [0.15, 0.2) is 0 Å². The highest BCUT2D eigenvalue weighted by Gasteiger charge is 2.43. The third-order valence-corrected chi connectivity index (χ3v) is 3.43. The summed E-state index contributed by atoms with van der Waals surface area (Å²) in [5.41, 5.74) is 1.47. The summed E-state index contributed by atoms with van der Waals surface area (Å²) in [7, 11) is 0. The van der Waals surface area contributed by atoms with Crippen molar-refractivity contribution in [3.05, 3.63) is 35.4 Å². The molecule has 1 aromatic rings. The zero-order valence-corrected chi connectivity index (χ0v) is 9.95. The SMILES string of the molecule is CCCCC1(CC)OC(=O)c2ccccc21. The van der Waals surface area contributed by atoms with Gasteiger partial charge in [-0.2, -0.15) is 0 Å². The molecule has 16 heavy (non-hydrogen) atoms. The molecule has 1 aliphatic heterocycles. The summed E-state index contributed by atoms with van der Waals surface area (Å²) in [5.74, 6) is -0.159. The van der Waals surface area contributed by atoms with Crippen LogP contribution in [0.25, 0.3) is 0 Å². The number of carbonyl (C=O) groups is 1. The number of esters is 1. The highest BCUT2D eigenvalue weighted by atomic mass is 16.6. The van der Waals surface area contributed by atoms with Crippen molar-refractivity contribution in [2.45, 2.75) is 45.1 Å². The number of benzene rings is 1. The van der Waals surface area contributed by atoms with Gasteiger partial charge >= 0.3 is 5.97 Å². The van der Waals surface area contributed by atoms with Crippen molar-refractivity contribution in [1.82, 2.24) is 0 Å². The first-order valence-electron chi connectivity index (χ1n) is 6.06. The van der Waals surface area contributed by atoms with E-state index in [0.717, 1.165) is 36.8 Å². The summed E-state index contributed by atoms with van der Waals surface area (Å²) >= 11 is 0. The van der Waals surface area contributed by atoms with E-state index in [4.69, 9.17) is 4.74 Å². The Morgan fingerprint density at radius 1 is 1.25 bits per heavy atom. The summed E-state index contributed by atoms with van der Waals surface area (Å²) in [4.78, 5) is 11.8. The minimum atomic E-state index is -0.357. The van der Waals surface area contributed by atoms with E-state index >= 15 is 0 Å². The molecule has 0 bridgehead atoms. The summed E-state index contributed by atoms with van der Waals surface area (Å²) in [5, 5.41) is 0. The minimum absolute atomic E-state index is 0.159. The number of cyclic esters (lactones) is 1. The van der Waals surface area contributed by atoms with Gasteiger partial charge < -0.3 is 4.74 Å². The lowest BCUT2D eigenvalue weighted by Crippen LogP contribution is -2.25. The first-order chi connectivity index (χ1) is 7.73. The van der Waals surface area contributed by atoms with Crippen LogP contribution in [0.3, 0.4) is 0 Å². The van der Waals surface area contributed by atoms with Crippen LogP contribution in [0.15, 0.2) is 24.3 Å². The highest BCUT2D eigenvalue weighted by molar-refractivity contribution is 5.94. The zero-order chi connectivity index (χ0) is 11.6. The van der Waals surface area contributed by atoms with Gasteiger partial charge in [-0.3, -0.25) is 0 Å². The Morgan fingerprint density at radius 3 is 2.69 bits per heavy atom. The number of fused-ring (bicyclic) bond motifs is 1. The molecule has 1 aliphatic rings. The van der Waals surface area contributed by atoms with E-state index in [1.165, 1.54) is 0 Å². The van der Waals surface area contributed by atoms with Crippen molar-refractivity contribution in [3.8, 4) is 0 Å². The molecule has 0 saturated heterocycles. The van der Waals surface area contributed by atoms with Crippen LogP contribution in [0.2, 0.25) is 0 Å². The smallest absolute Gasteiger partial charge is 0.339 e. The topological polar surface area (TPSA) is 26.3 Å². The second-order valence-electron chi connectivity index (χ2n) is 4.39. The Labute approximate surface area is 96.6 Å². The van der Waals surface area contributed by atoms with Crippen molar-refractivity contribution in [2.75, 3.05) is 0 Å². The molecular formula is C14H18O2. The number of hydrogen-bond donors (Lipinski definition) is 0. The highest BCUT2D eigenvalue weighted by Crippen LogP contribution is 2.42. The number of ether oxygens (including phenoxy) is 1. The molecule has 86 valence electrons. The third kappa shape index (κ3) is 1.62. The molecule has 2 nitrogen and oxygen atoms in total. The second-order valence-corrected chi connectivity index (χ2v) is 4.39. The Morgan fingerprint density at radius 2 is 2.00 bits per heavy atom. The first kappa shape index (κ1) is 11.2. The van der Waals surface area contributed by atoms with Crippen LogP contribution >= 0.6 is 0 Å². The van der Waals surface area contributed by atoms with Gasteiger partial charge in [0.25, 0.3) is 0 Å². The molecule has 0 spiro atoms. The molecule has 0 radical (unpaired) electrons. The normalized spacial score (nSPS) is 23.0. The van der Waals surface area contributed by atoms with Crippen molar-refractivity contribution < 1.29 is 9.53 Å². The standard InChI is InChI=1S/C14H18O2/c1-3-5-10-14(4-2)12-9-7-6-8-11(12)13(15)16-14/h6-9H,3-5,10H2,1-2H3. The molecule has 1 atom stereocenters. The molecule has 2 heteroatoms. The fourth-order valence-electron chi connectivity index (χ4n) is 2.43. The number of unbranched alkanes of at least 4 members (excludes halogenated alkanes) is 1. The predicted molar refractivity (Wildman–Crippen MR) is 63.4 cm³/mol. The van der Waals surface area contributed by atoms with E-state index in [1.807, 2.05) is 24.3 Å². The molecular weight excluding hydrogens is 200 g/mol. The van der Waals surface area contributed by atoms with Crippen molar-refractivity contribution in [3.63, 3.8) is 0 Å². The molecule has 0 aliphatic carbocycles. The summed E-state index contributed by atoms with van der Waals surface area (Å²) in [6.45, 7) is 4.25. The lowest BCUT2D eigenvalue weighted by atomic mass is 9.85. The molecule has 0 N–H and O–H groups in total. The van der Waals surface area contributed by atoms with Crippen LogP contribution in [0, 0.1) is 0 Å². The Hall–Kier alpha value is -1.31. The average Bonchev–Trinajstić information content (AvgIpc) is 2.62. The van der Waals surface area contributed by atoms with E-state index in [0.29, 0.717) is 0 Å². The predicted octanol–water partition coefficient (Wildman–Crippen LogP) is 3.65. The maximum Gasteiger partial charge on any atom is 0.339 e. The monoisotopic (exact) mass is 218 g/mol. The molecule has 0 aromatic heterocycles. The van der Waals surface area contributed by atoms with E-state index in [2.05, 4.69) is 13.8 Å². The van der Waals surface area contributed by atoms with Gasteiger partial charge in [-0.15, -0.1) is 0 Å². The molecule has 1 aromatic carbocycles. The van der Waals surface area contributed by atoms with Gasteiger partial charge in [0.05, 0.1) is 5.56 Å². The maximum atomic E-state index is 11.8. The first-order valence-corrected chi connectivity index (χ1v) is 6.06. The fraction of sp³-hybridized carbons (Fsp3) is 0.500. The van der Waals surface area contributed by atoms with Gasteiger partial charge in [0.1, 0.15) is 5.60 Å². The van der Waals surface area contributed by atoms with Gasteiger partial charge in [-0.25, -0.2) is 4.79 Å². The Kier molecular flexibility index (Phi) is 2.99. The van der Waals surface area contributed by atoms with Crippen molar-refractivity contribution >= 4 is 5.97 Å². The lowest BCUT2D eigenvalue weighted by Gasteiger charge is -2.27.